The maximum absolute atomic E-state index is 6.03. The molecule has 3 rings (SSSR count). The molecule has 0 unspecified atom stereocenters. The lowest BCUT2D eigenvalue weighted by molar-refractivity contribution is 0.693. The fraction of sp³-hybridized carbons (Fsp3) is 0.267. The molecule has 20 heavy (non-hydrogen) atoms. The van der Waals surface area contributed by atoms with E-state index in [0.717, 1.165) is 34.2 Å². The number of aryl methyl sites for hydroxylation is 3. The van der Waals surface area contributed by atoms with Crippen LogP contribution in [0.25, 0.3) is 11.0 Å². The minimum Gasteiger partial charge on any atom is -0.327 e. The Hall–Kier alpha value is -1.03. The van der Waals surface area contributed by atoms with Gasteiger partial charge in [0.15, 0.2) is 0 Å². The highest BCUT2D eigenvalue weighted by Crippen LogP contribution is 2.24. The Labute approximate surface area is 132 Å². The van der Waals surface area contributed by atoms with Crippen LogP contribution < -0.4 is 0 Å². The first-order chi connectivity index (χ1) is 9.67. The van der Waals surface area contributed by atoms with Crippen molar-refractivity contribution in [3.8, 4) is 0 Å². The second-order valence-corrected chi connectivity index (χ2v) is 6.83. The van der Waals surface area contributed by atoms with Crippen molar-refractivity contribution < 1.29 is 0 Å². The van der Waals surface area contributed by atoms with E-state index in [0.29, 0.717) is 5.88 Å². The van der Waals surface area contributed by atoms with Crippen LogP contribution in [0.2, 0.25) is 4.34 Å². The van der Waals surface area contributed by atoms with Gasteiger partial charge in [-0.3, -0.25) is 0 Å². The highest BCUT2D eigenvalue weighted by Gasteiger charge is 2.10. The fourth-order valence-corrected chi connectivity index (χ4v) is 3.63. The first-order valence-electron chi connectivity index (χ1n) is 6.43. The fourth-order valence-electron chi connectivity index (χ4n) is 2.35. The van der Waals surface area contributed by atoms with Crippen LogP contribution >= 0.6 is 34.5 Å². The summed E-state index contributed by atoms with van der Waals surface area (Å²) in [5.74, 6) is 1.36. The molecular weight excluding hydrogens is 311 g/mol. The van der Waals surface area contributed by atoms with Gasteiger partial charge in [0.2, 0.25) is 0 Å². The lowest BCUT2D eigenvalue weighted by Gasteiger charge is -2.06. The molecule has 0 N–H and O–H groups in total. The van der Waals surface area contributed by atoms with Gasteiger partial charge >= 0.3 is 0 Å². The molecule has 0 spiro atoms. The molecule has 1 aromatic carbocycles. The summed E-state index contributed by atoms with van der Waals surface area (Å²) in [5.41, 5.74) is 3.38. The molecular formula is C15H14Cl2N2S. The number of halogens is 2. The number of fused-ring (bicyclic) bond motifs is 1. The van der Waals surface area contributed by atoms with Crippen LogP contribution in [0.1, 0.15) is 16.3 Å². The molecule has 0 aliphatic rings. The number of thiophene rings is 1. The van der Waals surface area contributed by atoms with Crippen LogP contribution in [-0.2, 0) is 18.8 Å². The molecule has 104 valence electrons. The second kappa shape index (κ2) is 5.76. The number of hydrogen-bond donors (Lipinski definition) is 0. The molecule has 0 atom stereocenters. The molecule has 5 heteroatoms. The van der Waals surface area contributed by atoms with Crippen molar-refractivity contribution in [3.63, 3.8) is 0 Å². The van der Waals surface area contributed by atoms with Crippen LogP contribution in [0.4, 0.5) is 0 Å². The average Bonchev–Trinajstić information content (AvgIpc) is 2.99. The van der Waals surface area contributed by atoms with E-state index in [-0.39, 0.29) is 0 Å². The Morgan fingerprint density at radius 3 is 2.80 bits per heavy atom. The number of nitrogens with zero attached hydrogens (tertiary/aromatic N) is 2. The standard InChI is InChI=1S/C15H14Cl2N2S/c1-10-2-4-13-12(8-10)18-15(9-16)19(13)7-6-11-3-5-14(17)20-11/h2-5,8H,6-7,9H2,1H3. The van der Waals surface area contributed by atoms with E-state index in [9.17, 15) is 0 Å². The van der Waals surface area contributed by atoms with Crippen molar-refractivity contribution >= 4 is 45.6 Å². The first kappa shape index (κ1) is 13.9. The number of imidazole rings is 1. The Morgan fingerprint density at radius 2 is 2.10 bits per heavy atom. The molecule has 0 amide bonds. The number of aromatic nitrogens is 2. The van der Waals surface area contributed by atoms with Crippen molar-refractivity contribution in [1.82, 2.24) is 9.55 Å². The number of hydrogen-bond acceptors (Lipinski definition) is 2. The summed E-state index contributed by atoms with van der Waals surface area (Å²) in [6.45, 7) is 2.95. The van der Waals surface area contributed by atoms with E-state index in [4.69, 9.17) is 23.2 Å². The Bertz CT molecular complexity index is 745. The summed E-state index contributed by atoms with van der Waals surface area (Å²) < 4.78 is 3.04. The van der Waals surface area contributed by atoms with Gasteiger partial charge in [-0.1, -0.05) is 17.7 Å². The molecule has 2 heterocycles. The van der Waals surface area contributed by atoms with Crippen LogP contribution in [0, 0.1) is 6.92 Å². The quantitative estimate of drug-likeness (QED) is 0.614. The molecule has 2 aromatic heterocycles. The maximum atomic E-state index is 6.03. The van der Waals surface area contributed by atoms with Gasteiger partial charge in [0.05, 0.1) is 21.2 Å². The third-order valence-corrected chi connectivity index (χ3v) is 4.84. The van der Waals surface area contributed by atoms with Crippen molar-refractivity contribution in [1.29, 1.82) is 0 Å². The van der Waals surface area contributed by atoms with Gasteiger partial charge in [0.25, 0.3) is 0 Å². The topological polar surface area (TPSA) is 17.8 Å². The third kappa shape index (κ3) is 2.71. The van der Waals surface area contributed by atoms with Gasteiger partial charge in [-0.05, 0) is 43.2 Å². The van der Waals surface area contributed by atoms with Crippen molar-refractivity contribution in [3.05, 3.63) is 50.9 Å². The third-order valence-electron chi connectivity index (χ3n) is 3.31. The highest BCUT2D eigenvalue weighted by molar-refractivity contribution is 7.16. The van der Waals surface area contributed by atoms with E-state index in [1.807, 2.05) is 6.07 Å². The molecule has 0 saturated carbocycles. The largest absolute Gasteiger partial charge is 0.327 e. The molecule has 0 aliphatic carbocycles. The molecule has 0 aliphatic heterocycles. The van der Waals surface area contributed by atoms with Crippen molar-refractivity contribution in [2.75, 3.05) is 0 Å². The zero-order valence-electron chi connectivity index (χ0n) is 11.1. The van der Waals surface area contributed by atoms with E-state index >= 15 is 0 Å². The summed E-state index contributed by atoms with van der Waals surface area (Å²) in [7, 11) is 0. The van der Waals surface area contributed by atoms with Gasteiger partial charge < -0.3 is 4.57 Å². The molecule has 0 saturated heterocycles. The smallest absolute Gasteiger partial charge is 0.124 e. The molecule has 0 radical (unpaired) electrons. The molecule has 0 bridgehead atoms. The second-order valence-electron chi connectivity index (χ2n) is 4.76. The molecule has 0 fully saturated rings. The normalized spacial score (nSPS) is 11.3. The van der Waals surface area contributed by atoms with Crippen LogP contribution in [0.5, 0.6) is 0 Å². The number of rotatable bonds is 4. The monoisotopic (exact) mass is 324 g/mol. The summed E-state index contributed by atoms with van der Waals surface area (Å²) in [4.78, 5) is 5.90. The Kier molecular flexibility index (Phi) is 4.01. The van der Waals surface area contributed by atoms with Gasteiger partial charge in [0, 0.05) is 11.4 Å². The number of alkyl halides is 1. The Balaban J connectivity index is 1.93. The predicted octanol–water partition coefficient (Wildman–Crippen LogP) is 5.04. The SMILES string of the molecule is Cc1ccc2c(c1)nc(CCl)n2CCc1ccc(Cl)s1. The highest BCUT2D eigenvalue weighted by atomic mass is 35.5. The number of benzene rings is 1. The minimum absolute atomic E-state index is 0.429. The summed E-state index contributed by atoms with van der Waals surface area (Å²) in [5, 5.41) is 0. The Morgan fingerprint density at radius 1 is 1.25 bits per heavy atom. The van der Waals surface area contributed by atoms with Crippen LogP contribution in [0.15, 0.2) is 30.3 Å². The van der Waals surface area contributed by atoms with E-state index in [2.05, 4.69) is 40.7 Å². The van der Waals surface area contributed by atoms with E-state index < -0.39 is 0 Å². The molecule has 3 aromatic rings. The van der Waals surface area contributed by atoms with E-state index in [1.165, 1.54) is 10.4 Å². The zero-order chi connectivity index (χ0) is 14.1. The lowest BCUT2D eigenvalue weighted by atomic mass is 10.2. The van der Waals surface area contributed by atoms with Crippen molar-refractivity contribution in [2.24, 2.45) is 0 Å². The summed E-state index contributed by atoms with van der Waals surface area (Å²) >= 11 is 13.6. The minimum atomic E-state index is 0.429. The zero-order valence-corrected chi connectivity index (χ0v) is 13.4. The summed E-state index contributed by atoms with van der Waals surface area (Å²) in [6.07, 6.45) is 0.945. The average molecular weight is 325 g/mol. The first-order valence-corrected chi connectivity index (χ1v) is 8.16. The van der Waals surface area contributed by atoms with Gasteiger partial charge in [-0.25, -0.2) is 4.98 Å². The van der Waals surface area contributed by atoms with Crippen molar-refractivity contribution in [2.45, 2.75) is 25.8 Å². The maximum Gasteiger partial charge on any atom is 0.124 e. The van der Waals surface area contributed by atoms with Gasteiger partial charge in [-0.2, -0.15) is 0 Å². The lowest BCUT2D eigenvalue weighted by Crippen LogP contribution is -2.04. The van der Waals surface area contributed by atoms with Gasteiger partial charge in [0.1, 0.15) is 5.82 Å². The van der Waals surface area contributed by atoms with Crippen LogP contribution in [-0.4, -0.2) is 9.55 Å². The van der Waals surface area contributed by atoms with Crippen LogP contribution in [0.3, 0.4) is 0 Å². The predicted molar refractivity (Wildman–Crippen MR) is 87.1 cm³/mol. The molecule has 2 nitrogen and oxygen atoms in total. The van der Waals surface area contributed by atoms with E-state index in [1.54, 1.807) is 11.3 Å². The van der Waals surface area contributed by atoms with Gasteiger partial charge in [-0.15, -0.1) is 22.9 Å². The summed E-state index contributed by atoms with van der Waals surface area (Å²) in [6, 6.07) is 10.4.